The minimum absolute atomic E-state index is 0.114. The standard InChI is InChI=1S/C26H26Cl2N2O3/c27-21-11-9-20(10-12-21)26-14-25(33-29-26)17-30(15-19-5-4-6-22(28)13-19)16-23(31)18-32-24-7-2-1-3-8-24/h1-13,23,25,31H,14-18H2/t23-,25+/m0/s1. The highest BCUT2D eigenvalue weighted by molar-refractivity contribution is 6.31. The zero-order valence-corrected chi connectivity index (χ0v) is 19.6. The van der Waals surface area contributed by atoms with Crippen LogP contribution in [0.4, 0.5) is 0 Å². The predicted molar refractivity (Wildman–Crippen MR) is 132 cm³/mol. The molecule has 1 aliphatic rings. The van der Waals surface area contributed by atoms with E-state index in [0.717, 1.165) is 22.6 Å². The third-order valence-corrected chi connectivity index (χ3v) is 5.81. The van der Waals surface area contributed by atoms with E-state index >= 15 is 0 Å². The SMILES string of the molecule is O[C@H](COc1ccccc1)CN(Cc1cccc(Cl)c1)C[C@H]1CC(c2ccc(Cl)cc2)=NO1. The molecule has 172 valence electrons. The van der Waals surface area contributed by atoms with Gasteiger partial charge in [-0.05, 0) is 47.5 Å². The van der Waals surface area contributed by atoms with Crippen LogP contribution in [0.2, 0.25) is 10.0 Å². The Morgan fingerprint density at radius 3 is 2.55 bits per heavy atom. The van der Waals surface area contributed by atoms with Crippen LogP contribution in [-0.2, 0) is 11.4 Å². The summed E-state index contributed by atoms with van der Waals surface area (Å²) in [5.41, 5.74) is 2.96. The van der Waals surface area contributed by atoms with Gasteiger partial charge < -0.3 is 14.7 Å². The molecule has 5 nitrogen and oxygen atoms in total. The van der Waals surface area contributed by atoms with Gasteiger partial charge in [-0.3, -0.25) is 4.90 Å². The third kappa shape index (κ3) is 7.21. The van der Waals surface area contributed by atoms with Crippen LogP contribution < -0.4 is 4.74 Å². The number of para-hydroxylation sites is 1. The second kappa shape index (κ2) is 11.5. The quantitative estimate of drug-likeness (QED) is 0.416. The summed E-state index contributed by atoms with van der Waals surface area (Å²) in [5.74, 6) is 0.734. The normalized spacial score (nSPS) is 16.4. The molecule has 1 aliphatic heterocycles. The van der Waals surface area contributed by atoms with Crippen molar-refractivity contribution in [1.29, 1.82) is 0 Å². The Balaban J connectivity index is 1.37. The Bertz CT molecular complexity index is 1060. The van der Waals surface area contributed by atoms with Crippen molar-refractivity contribution in [3.8, 4) is 5.75 Å². The van der Waals surface area contributed by atoms with Gasteiger partial charge in [0.2, 0.25) is 0 Å². The minimum Gasteiger partial charge on any atom is -0.491 e. The van der Waals surface area contributed by atoms with Crippen LogP contribution in [-0.4, -0.2) is 47.6 Å². The number of aliphatic hydroxyl groups is 1. The average molecular weight is 485 g/mol. The van der Waals surface area contributed by atoms with Gasteiger partial charge in [-0.1, -0.05) is 70.8 Å². The topological polar surface area (TPSA) is 54.3 Å². The van der Waals surface area contributed by atoms with Gasteiger partial charge in [0.1, 0.15) is 24.6 Å². The Morgan fingerprint density at radius 2 is 1.79 bits per heavy atom. The molecule has 0 saturated heterocycles. The molecule has 4 rings (SSSR count). The molecular formula is C26H26Cl2N2O3. The van der Waals surface area contributed by atoms with Crippen LogP contribution in [0.1, 0.15) is 17.5 Å². The molecule has 0 aromatic heterocycles. The maximum atomic E-state index is 10.7. The second-order valence-corrected chi connectivity index (χ2v) is 8.95. The summed E-state index contributed by atoms with van der Waals surface area (Å²) in [5, 5.41) is 16.3. The third-order valence-electron chi connectivity index (χ3n) is 5.32. The van der Waals surface area contributed by atoms with Crippen molar-refractivity contribution in [3.05, 3.63) is 100 Å². The van der Waals surface area contributed by atoms with Crippen molar-refractivity contribution in [2.75, 3.05) is 19.7 Å². The van der Waals surface area contributed by atoms with E-state index in [4.69, 9.17) is 32.8 Å². The molecule has 3 aromatic rings. The van der Waals surface area contributed by atoms with Gasteiger partial charge in [0.25, 0.3) is 0 Å². The van der Waals surface area contributed by atoms with E-state index in [9.17, 15) is 5.11 Å². The van der Waals surface area contributed by atoms with E-state index in [-0.39, 0.29) is 12.7 Å². The number of hydrogen-bond acceptors (Lipinski definition) is 5. The molecule has 2 atom stereocenters. The molecule has 33 heavy (non-hydrogen) atoms. The second-order valence-electron chi connectivity index (χ2n) is 8.08. The molecular weight excluding hydrogens is 459 g/mol. The van der Waals surface area contributed by atoms with E-state index in [0.29, 0.717) is 36.1 Å². The fourth-order valence-electron chi connectivity index (χ4n) is 3.78. The fourth-order valence-corrected chi connectivity index (χ4v) is 4.12. The van der Waals surface area contributed by atoms with Crippen LogP contribution >= 0.6 is 23.2 Å². The minimum atomic E-state index is -0.664. The Morgan fingerprint density at radius 1 is 1.00 bits per heavy atom. The molecule has 0 amide bonds. The first-order valence-electron chi connectivity index (χ1n) is 10.9. The smallest absolute Gasteiger partial charge is 0.145 e. The molecule has 0 saturated carbocycles. The van der Waals surface area contributed by atoms with Gasteiger partial charge in [0, 0.05) is 36.1 Å². The lowest BCUT2D eigenvalue weighted by Crippen LogP contribution is -2.39. The molecule has 0 radical (unpaired) electrons. The zero-order valence-electron chi connectivity index (χ0n) is 18.1. The summed E-state index contributed by atoms with van der Waals surface area (Å²) in [4.78, 5) is 7.88. The molecule has 0 unspecified atom stereocenters. The molecule has 1 N–H and O–H groups in total. The molecule has 3 aromatic carbocycles. The van der Waals surface area contributed by atoms with Crippen LogP contribution in [0.5, 0.6) is 5.75 Å². The average Bonchev–Trinajstić information content (AvgIpc) is 3.27. The summed E-state index contributed by atoms with van der Waals surface area (Å²) >= 11 is 12.2. The van der Waals surface area contributed by atoms with Crippen molar-refractivity contribution < 1.29 is 14.7 Å². The van der Waals surface area contributed by atoms with E-state index in [1.165, 1.54) is 0 Å². The Hall–Kier alpha value is -2.57. The van der Waals surface area contributed by atoms with E-state index in [1.54, 1.807) is 0 Å². The van der Waals surface area contributed by atoms with E-state index in [1.807, 2.05) is 78.9 Å². The number of halogens is 2. The number of nitrogens with zero attached hydrogens (tertiary/aromatic N) is 2. The highest BCUT2D eigenvalue weighted by Crippen LogP contribution is 2.21. The molecule has 0 aliphatic carbocycles. The summed E-state index contributed by atoms with van der Waals surface area (Å²) in [6.07, 6.45) is -0.0934. The molecule has 0 bridgehead atoms. The van der Waals surface area contributed by atoms with Gasteiger partial charge in [-0.25, -0.2) is 0 Å². The number of benzene rings is 3. The maximum absolute atomic E-state index is 10.7. The molecule has 1 heterocycles. The number of ether oxygens (including phenoxy) is 1. The number of rotatable bonds is 10. The van der Waals surface area contributed by atoms with Crippen LogP contribution in [0.3, 0.4) is 0 Å². The number of oxime groups is 1. The molecule has 0 spiro atoms. The largest absolute Gasteiger partial charge is 0.491 e. The maximum Gasteiger partial charge on any atom is 0.145 e. The predicted octanol–water partition coefficient (Wildman–Crippen LogP) is 5.43. The summed E-state index contributed by atoms with van der Waals surface area (Å²) in [6.45, 7) is 1.86. The fraction of sp³-hybridized carbons (Fsp3) is 0.269. The summed E-state index contributed by atoms with van der Waals surface area (Å²) in [7, 11) is 0. The Kier molecular flexibility index (Phi) is 8.24. The van der Waals surface area contributed by atoms with Gasteiger partial charge in [0.15, 0.2) is 0 Å². The van der Waals surface area contributed by atoms with E-state index < -0.39 is 6.10 Å². The lowest BCUT2D eigenvalue weighted by molar-refractivity contribution is 0.0213. The van der Waals surface area contributed by atoms with Crippen molar-refractivity contribution in [2.45, 2.75) is 25.2 Å². The first-order valence-corrected chi connectivity index (χ1v) is 11.6. The van der Waals surface area contributed by atoms with Crippen molar-refractivity contribution >= 4 is 28.9 Å². The summed E-state index contributed by atoms with van der Waals surface area (Å²) in [6, 6.07) is 24.8. The van der Waals surface area contributed by atoms with Crippen LogP contribution in [0.25, 0.3) is 0 Å². The highest BCUT2D eigenvalue weighted by Gasteiger charge is 2.26. The van der Waals surface area contributed by atoms with Crippen LogP contribution in [0.15, 0.2) is 84.0 Å². The van der Waals surface area contributed by atoms with Gasteiger partial charge >= 0.3 is 0 Å². The lowest BCUT2D eigenvalue weighted by Gasteiger charge is -2.27. The molecule has 0 fully saturated rings. The first kappa shape index (κ1) is 23.6. The van der Waals surface area contributed by atoms with Crippen molar-refractivity contribution in [1.82, 2.24) is 4.90 Å². The number of hydrogen-bond donors (Lipinski definition) is 1. The van der Waals surface area contributed by atoms with E-state index in [2.05, 4.69) is 10.1 Å². The van der Waals surface area contributed by atoms with Crippen molar-refractivity contribution in [3.63, 3.8) is 0 Å². The summed E-state index contributed by atoms with van der Waals surface area (Å²) < 4.78 is 5.73. The highest BCUT2D eigenvalue weighted by atomic mass is 35.5. The Labute approximate surface area is 204 Å². The lowest BCUT2D eigenvalue weighted by atomic mass is 10.0. The van der Waals surface area contributed by atoms with Gasteiger partial charge in [0.05, 0.1) is 5.71 Å². The zero-order chi connectivity index (χ0) is 23.0. The monoisotopic (exact) mass is 484 g/mol. The number of aliphatic hydroxyl groups excluding tert-OH is 1. The van der Waals surface area contributed by atoms with Crippen LogP contribution in [0, 0.1) is 0 Å². The molecule has 7 heteroatoms. The van der Waals surface area contributed by atoms with Crippen molar-refractivity contribution in [2.24, 2.45) is 5.16 Å². The van der Waals surface area contributed by atoms with Gasteiger partial charge in [-0.2, -0.15) is 0 Å². The first-order chi connectivity index (χ1) is 16.0. The van der Waals surface area contributed by atoms with Gasteiger partial charge in [-0.15, -0.1) is 0 Å².